The van der Waals surface area contributed by atoms with Crippen LogP contribution in [-0.2, 0) is 11.2 Å². The van der Waals surface area contributed by atoms with E-state index in [1.165, 1.54) is 5.56 Å². The molecule has 0 bridgehead atoms. The molecule has 0 aliphatic carbocycles. The predicted molar refractivity (Wildman–Crippen MR) is 115 cm³/mol. The Hall–Kier alpha value is -1.85. The molecule has 0 aliphatic rings. The Labute approximate surface area is 171 Å². The maximum Gasteiger partial charge on any atom is 0.241 e. The van der Waals surface area contributed by atoms with E-state index in [9.17, 15) is 4.79 Å². The molecule has 0 aliphatic heterocycles. The number of benzene rings is 2. The van der Waals surface area contributed by atoms with Gasteiger partial charge in [0.05, 0.1) is 23.4 Å². The summed E-state index contributed by atoms with van der Waals surface area (Å²) in [4.78, 5) is 16.5. The van der Waals surface area contributed by atoms with Crippen molar-refractivity contribution >= 4 is 59.7 Å². The third-order valence-corrected chi connectivity index (χ3v) is 3.78. The van der Waals surface area contributed by atoms with Crippen LogP contribution >= 0.6 is 37.2 Å². The minimum Gasteiger partial charge on any atom is -0.323 e. The van der Waals surface area contributed by atoms with Gasteiger partial charge in [-0.1, -0.05) is 48.5 Å². The molecular formula is C19H22Cl3N3O. The summed E-state index contributed by atoms with van der Waals surface area (Å²) in [7, 11) is 0. The van der Waals surface area contributed by atoms with Crippen molar-refractivity contribution in [2.45, 2.75) is 18.9 Å². The molecule has 3 aromatic rings. The number of amides is 1. The van der Waals surface area contributed by atoms with Crippen LogP contribution in [0, 0.1) is 0 Å². The highest BCUT2D eigenvalue weighted by molar-refractivity contribution is 5.96. The van der Waals surface area contributed by atoms with Gasteiger partial charge in [0.15, 0.2) is 0 Å². The first-order chi connectivity index (χ1) is 11.2. The van der Waals surface area contributed by atoms with Crippen LogP contribution in [0.5, 0.6) is 0 Å². The van der Waals surface area contributed by atoms with E-state index in [4.69, 9.17) is 5.73 Å². The number of carbonyl (C=O) groups is 1. The van der Waals surface area contributed by atoms with E-state index in [0.29, 0.717) is 12.1 Å². The van der Waals surface area contributed by atoms with E-state index < -0.39 is 6.04 Å². The maximum atomic E-state index is 12.2. The van der Waals surface area contributed by atoms with Crippen LogP contribution in [0.15, 0.2) is 66.9 Å². The lowest BCUT2D eigenvalue weighted by molar-refractivity contribution is -0.117. The maximum absolute atomic E-state index is 12.2. The molecule has 1 amide bonds. The van der Waals surface area contributed by atoms with Crippen molar-refractivity contribution in [3.63, 3.8) is 0 Å². The topological polar surface area (TPSA) is 68.0 Å². The van der Waals surface area contributed by atoms with Gasteiger partial charge in [-0.2, -0.15) is 0 Å². The molecule has 0 saturated heterocycles. The Bertz CT molecular complexity index is 815. The van der Waals surface area contributed by atoms with Crippen molar-refractivity contribution in [1.29, 1.82) is 0 Å². The Morgan fingerprint density at radius 3 is 2.38 bits per heavy atom. The van der Waals surface area contributed by atoms with Gasteiger partial charge in [-0.25, -0.2) is 0 Å². The second-order valence-electron chi connectivity index (χ2n) is 5.54. The number of hydrogen-bond acceptors (Lipinski definition) is 3. The Morgan fingerprint density at radius 1 is 1.00 bits per heavy atom. The number of fused-ring (bicyclic) bond motifs is 1. The lowest BCUT2D eigenvalue weighted by Crippen LogP contribution is -2.36. The van der Waals surface area contributed by atoms with Gasteiger partial charge in [-0.05, 0) is 30.5 Å². The van der Waals surface area contributed by atoms with Crippen molar-refractivity contribution in [3.05, 3.63) is 72.4 Å². The van der Waals surface area contributed by atoms with E-state index in [2.05, 4.69) is 10.3 Å². The third kappa shape index (κ3) is 6.46. The van der Waals surface area contributed by atoms with Gasteiger partial charge < -0.3 is 11.1 Å². The zero-order valence-corrected chi connectivity index (χ0v) is 16.4. The molecule has 1 heterocycles. The van der Waals surface area contributed by atoms with Crippen molar-refractivity contribution < 1.29 is 4.79 Å². The Kier molecular flexibility index (Phi) is 10.9. The van der Waals surface area contributed by atoms with Crippen molar-refractivity contribution in [2.24, 2.45) is 5.73 Å². The van der Waals surface area contributed by atoms with Gasteiger partial charge in [0.2, 0.25) is 5.91 Å². The summed E-state index contributed by atoms with van der Waals surface area (Å²) in [6.07, 6.45) is 3.05. The minimum atomic E-state index is -0.540. The number of anilines is 1. The Morgan fingerprint density at radius 2 is 1.65 bits per heavy atom. The first kappa shape index (κ1) is 24.1. The summed E-state index contributed by atoms with van der Waals surface area (Å²) < 4.78 is 0. The molecule has 7 heteroatoms. The first-order valence-corrected chi connectivity index (χ1v) is 7.67. The monoisotopic (exact) mass is 413 g/mol. The standard InChI is InChI=1S/C19H19N3O.3ClH/c20-17(11-10-14-6-2-1-3-7-14)19(23)22-16-12-15-8-4-5-9-18(15)21-13-16;;;/h1-9,12-13,17H,10-11,20H2,(H,22,23);3*1H/t17-;;;/m0.../s1. The molecule has 0 unspecified atom stereocenters. The van der Waals surface area contributed by atoms with Crippen LogP contribution in [0.1, 0.15) is 12.0 Å². The second kappa shape index (κ2) is 11.7. The largest absolute Gasteiger partial charge is 0.323 e. The zero-order valence-electron chi connectivity index (χ0n) is 14.0. The summed E-state index contributed by atoms with van der Waals surface area (Å²) in [6.45, 7) is 0. The molecule has 2 aromatic carbocycles. The van der Waals surface area contributed by atoms with Crippen LogP contribution in [0.4, 0.5) is 5.69 Å². The molecular weight excluding hydrogens is 393 g/mol. The number of carbonyl (C=O) groups excluding carboxylic acids is 1. The SMILES string of the molecule is Cl.Cl.Cl.N[C@@H](CCc1ccccc1)C(=O)Nc1cnc2ccccc2c1. The molecule has 140 valence electrons. The number of aryl methyl sites for hydroxylation is 1. The fourth-order valence-electron chi connectivity index (χ4n) is 2.47. The lowest BCUT2D eigenvalue weighted by Gasteiger charge is -2.12. The molecule has 3 rings (SSSR count). The van der Waals surface area contributed by atoms with Crippen molar-refractivity contribution in [3.8, 4) is 0 Å². The van der Waals surface area contributed by atoms with Gasteiger partial charge in [0.1, 0.15) is 0 Å². The van der Waals surface area contributed by atoms with E-state index in [0.717, 1.165) is 17.3 Å². The quantitative estimate of drug-likeness (QED) is 0.650. The summed E-state index contributed by atoms with van der Waals surface area (Å²) in [5.74, 6) is -0.182. The van der Waals surface area contributed by atoms with Gasteiger partial charge in [0.25, 0.3) is 0 Å². The smallest absolute Gasteiger partial charge is 0.241 e. The predicted octanol–water partition coefficient (Wildman–Crippen LogP) is 4.40. The molecule has 3 N–H and O–H groups in total. The van der Waals surface area contributed by atoms with Crippen LogP contribution < -0.4 is 11.1 Å². The molecule has 1 aromatic heterocycles. The number of hydrogen-bond donors (Lipinski definition) is 2. The molecule has 0 spiro atoms. The molecule has 1 atom stereocenters. The number of aromatic nitrogens is 1. The molecule has 0 fully saturated rings. The fourth-order valence-corrected chi connectivity index (χ4v) is 2.47. The van der Waals surface area contributed by atoms with E-state index >= 15 is 0 Å². The Balaban J connectivity index is 0.00000208. The summed E-state index contributed by atoms with van der Waals surface area (Å²) in [5, 5.41) is 3.83. The van der Waals surface area contributed by atoms with E-state index in [1.807, 2.05) is 60.7 Å². The molecule has 0 radical (unpaired) electrons. The van der Waals surface area contributed by atoms with Crippen molar-refractivity contribution in [1.82, 2.24) is 4.98 Å². The number of nitrogens with zero attached hydrogens (tertiary/aromatic N) is 1. The highest BCUT2D eigenvalue weighted by Crippen LogP contribution is 2.16. The summed E-state index contributed by atoms with van der Waals surface area (Å²) in [5.41, 5.74) is 8.75. The number of rotatable bonds is 5. The number of para-hydroxylation sites is 1. The number of halogens is 3. The highest BCUT2D eigenvalue weighted by Gasteiger charge is 2.13. The van der Waals surface area contributed by atoms with Crippen molar-refractivity contribution in [2.75, 3.05) is 5.32 Å². The average molecular weight is 415 g/mol. The van der Waals surface area contributed by atoms with E-state index in [-0.39, 0.29) is 43.1 Å². The van der Waals surface area contributed by atoms with Crippen LogP contribution in [-0.4, -0.2) is 16.9 Å². The van der Waals surface area contributed by atoms with Gasteiger partial charge in [-0.3, -0.25) is 9.78 Å². The number of pyridine rings is 1. The van der Waals surface area contributed by atoms with Crippen LogP contribution in [0.3, 0.4) is 0 Å². The van der Waals surface area contributed by atoms with E-state index in [1.54, 1.807) is 6.20 Å². The minimum absolute atomic E-state index is 0. The summed E-state index contributed by atoms with van der Waals surface area (Å²) in [6, 6.07) is 19.2. The van der Waals surface area contributed by atoms with Gasteiger partial charge in [-0.15, -0.1) is 37.2 Å². The molecule has 4 nitrogen and oxygen atoms in total. The fraction of sp³-hybridized carbons (Fsp3) is 0.158. The second-order valence-corrected chi connectivity index (χ2v) is 5.54. The normalized spacial score (nSPS) is 10.7. The highest BCUT2D eigenvalue weighted by atomic mass is 35.5. The third-order valence-electron chi connectivity index (χ3n) is 3.78. The zero-order chi connectivity index (χ0) is 16.1. The lowest BCUT2D eigenvalue weighted by atomic mass is 10.1. The van der Waals surface area contributed by atoms with Crippen LogP contribution in [0.25, 0.3) is 10.9 Å². The number of nitrogens with two attached hydrogens (primary N) is 1. The number of nitrogens with one attached hydrogen (secondary N) is 1. The summed E-state index contributed by atoms with van der Waals surface area (Å²) >= 11 is 0. The van der Waals surface area contributed by atoms with Gasteiger partial charge >= 0.3 is 0 Å². The average Bonchev–Trinajstić information content (AvgIpc) is 2.60. The first-order valence-electron chi connectivity index (χ1n) is 7.67. The molecule has 0 saturated carbocycles. The molecule has 26 heavy (non-hydrogen) atoms. The van der Waals surface area contributed by atoms with Gasteiger partial charge in [0, 0.05) is 5.39 Å². The van der Waals surface area contributed by atoms with Crippen LogP contribution in [0.2, 0.25) is 0 Å².